The lowest BCUT2D eigenvalue weighted by Gasteiger charge is -2.10. The van der Waals surface area contributed by atoms with E-state index in [4.69, 9.17) is 17.4 Å². The van der Waals surface area contributed by atoms with Crippen LogP contribution in [0.3, 0.4) is 0 Å². The lowest BCUT2D eigenvalue weighted by atomic mass is 10.0. The van der Waals surface area contributed by atoms with Gasteiger partial charge in [0.2, 0.25) is 10.0 Å². The highest BCUT2D eigenvalue weighted by Gasteiger charge is 2.10. The number of sulfonamides is 1. The van der Waals surface area contributed by atoms with Crippen molar-refractivity contribution >= 4 is 38.9 Å². The maximum Gasteiger partial charge on any atom is 0.257 e. The number of benzene rings is 3. The molecule has 0 fully saturated rings. The van der Waals surface area contributed by atoms with Gasteiger partial charge in [0, 0.05) is 11.3 Å². The predicted molar refractivity (Wildman–Crippen MR) is 113 cm³/mol. The number of hydrogen-bond donors (Lipinski definition) is 3. The standard InChI is InChI=1S/C20H17N3O3S2/c21-28(25,26)18-12-10-17(11-13-18)22-20(27)23-19(24)16-8-6-15(7-9-16)14-4-2-1-3-5-14/h1-13H,(H2,21,25,26)(H2,22,23,24,27). The first-order chi connectivity index (χ1) is 13.3. The summed E-state index contributed by atoms with van der Waals surface area (Å²) in [5.41, 5.74) is 3.06. The Balaban J connectivity index is 1.62. The van der Waals surface area contributed by atoms with Crippen molar-refractivity contribution < 1.29 is 13.2 Å². The maximum atomic E-state index is 12.3. The summed E-state index contributed by atoms with van der Waals surface area (Å²) in [5, 5.41) is 10.6. The molecule has 4 N–H and O–H groups in total. The minimum Gasteiger partial charge on any atom is -0.332 e. The van der Waals surface area contributed by atoms with E-state index >= 15 is 0 Å². The van der Waals surface area contributed by atoms with Gasteiger partial charge in [-0.15, -0.1) is 0 Å². The van der Waals surface area contributed by atoms with Crippen LogP contribution in [0.15, 0.2) is 83.8 Å². The van der Waals surface area contributed by atoms with Crippen LogP contribution in [0.4, 0.5) is 5.69 Å². The molecule has 0 saturated heterocycles. The van der Waals surface area contributed by atoms with Crippen LogP contribution in [0.5, 0.6) is 0 Å². The van der Waals surface area contributed by atoms with Crippen LogP contribution in [0.25, 0.3) is 11.1 Å². The van der Waals surface area contributed by atoms with Crippen LogP contribution in [-0.4, -0.2) is 19.4 Å². The van der Waals surface area contributed by atoms with Crippen LogP contribution in [0.1, 0.15) is 10.4 Å². The largest absolute Gasteiger partial charge is 0.332 e. The molecule has 0 aliphatic rings. The van der Waals surface area contributed by atoms with Crippen LogP contribution in [0, 0.1) is 0 Å². The number of amides is 1. The lowest BCUT2D eigenvalue weighted by molar-refractivity contribution is 0.0977. The summed E-state index contributed by atoms with van der Waals surface area (Å²) in [6.07, 6.45) is 0. The number of thiocarbonyl (C=S) groups is 1. The highest BCUT2D eigenvalue weighted by atomic mass is 32.2. The normalized spacial score (nSPS) is 10.9. The number of carbonyl (C=O) groups excluding carboxylic acids is 1. The smallest absolute Gasteiger partial charge is 0.257 e. The molecule has 0 heterocycles. The number of rotatable bonds is 4. The zero-order valence-electron chi connectivity index (χ0n) is 14.6. The summed E-state index contributed by atoms with van der Waals surface area (Å²) >= 11 is 5.13. The fraction of sp³-hybridized carbons (Fsp3) is 0. The van der Waals surface area contributed by atoms with E-state index in [0.29, 0.717) is 11.3 Å². The molecule has 0 saturated carbocycles. The summed E-state index contributed by atoms with van der Waals surface area (Å²) in [6.45, 7) is 0. The summed E-state index contributed by atoms with van der Waals surface area (Å²) in [5.74, 6) is -0.349. The molecule has 0 aliphatic heterocycles. The van der Waals surface area contributed by atoms with Gasteiger partial charge in [-0.2, -0.15) is 0 Å². The Labute approximate surface area is 168 Å². The van der Waals surface area contributed by atoms with Crippen molar-refractivity contribution in [1.29, 1.82) is 0 Å². The zero-order chi connectivity index (χ0) is 20.1. The van der Waals surface area contributed by atoms with Gasteiger partial charge < -0.3 is 5.32 Å². The Bertz CT molecular complexity index is 1100. The molecule has 3 rings (SSSR count). The van der Waals surface area contributed by atoms with E-state index in [1.165, 1.54) is 24.3 Å². The molecule has 0 aromatic heterocycles. The Hall–Kier alpha value is -3.07. The van der Waals surface area contributed by atoms with E-state index in [2.05, 4.69) is 10.6 Å². The highest BCUT2D eigenvalue weighted by molar-refractivity contribution is 7.89. The second kappa shape index (κ2) is 8.30. The summed E-state index contributed by atoms with van der Waals surface area (Å²) < 4.78 is 22.5. The molecule has 0 aliphatic carbocycles. The fourth-order valence-corrected chi connectivity index (χ4v) is 3.24. The average Bonchev–Trinajstić information content (AvgIpc) is 2.68. The van der Waals surface area contributed by atoms with Crippen molar-refractivity contribution in [1.82, 2.24) is 5.32 Å². The zero-order valence-corrected chi connectivity index (χ0v) is 16.3. The molecule has 28 heavy (non-hydrogen) atoms. The first-order valence-electron chi connectivity index (χ1n) is 8.23. The number of hydrogen-bond acceptors (Lipinski definition) is 4. The van der Waals surface area contributed by atoms with E-state index in [1.54, 1.807) is 12.1 Å². The molecular weight excluding hydrogens is 394 g/mol. The average molecular weight is 412 g/mol. The van der Waals surface area contributed by atoms with Gasteiger partial charge in [-0.1, -0.05) is 42.5 Å². The highest BCUT2D eigenvalue weighted by Crippen LogP contribution is 2.19. The molecule has 0 bridgehead atoms. The van der Waals surface area contributed by atoms with E-state index in [1.807, 2.05) is 42.5 Å². The van der Waals surface area contributed by atoms with Gasteiger partial charge in [0.25, 0.3) is 5.91 Å². The van der Waals surface area contributed by atoms with E-state index < -0.39 is 10.0 Å². The Morgan fingerprint density at radius 3 is 1.96 bits per heavy atom. The van der Waals surface area contributed by atoms with Gasteiger partial charge in [-0.05, 0) is 59.7 Å². The number of anilines is 1. The minimum atomic E-state index is -3.76. The van der Waals surface area contributed by atoms with Crippen LogP contribution >= 0.6 is 12.2 Å². The molecule has 142 valence electrons. The molecule has 0 radical (unpaired) electrons. The van der Waals surface area contributed by atoms with E-state index in [0.717, 1.165) is 11.1 Å². The molecule has 8 heteroatoms. The van der Waals surface area contributed by atoms with Crippen molar-refractivity contribution in [3.05, 3.63) is 84.4 Å². The predicted octanol–water partition coefficient (Wildman–Crippen LogP) is 3.13. The number of carbonyl (C=O) groups is 1. The van der Waals surface area contributed by atoms with Gasteiger partial charge in [-0.3, -0.25) is 10.1 Å². The Morgan fingerprint density at radius 2 is 1.39 bits per heavy atom. The molecule has 0 atom stereocenters. The third kappa shape index (κ3) is 5.01. The van der Waals surface area contributed by atoms with Crippen molar-refractivity contribution in [3.63, 3.8) is 0 Å². The molecule has 0 unspecified atom stereocenters. The molecule has 3 aromatic rings. The Morgan fingerprint density at radius 1 is 0.821 bits per heavy atom. The quantitative estimate of drug-likeness (QED) is 0.573. The Kier molecular flexibility index (Phi) is 5.84. The molecule has 1 amide bonds. The summed E-state index contributed by atoms with van der Waals surface area (Å²) in [7, 11) is -3.76. The maximum absolute atomic E-state index is 12.3. The molecular formula is C20H17N3O3S2. The number of nitrogens with one attached hydrogen (secondary N) is 2. The summed E-state index contributed by atoms with van der Waals surface area (Å²) in [4.78, 5) is 12.3. The molecule has 0 spiro atoms. The second-order valence-corrected chi connectivity index (χ2v) is 7.89. The van der Waals surface area contributed by atoms with Crippen LogP contribution in [0.2, 0.25) is 0 Å². The van der Waals surface area contributed by atoms with Crippen molar-refractivity contribution in [3.8, 4) is 11.1 Å². The molecule has 3 aromatic carbocycles. The van der Waals surface area contributed by atoms with Crippen LogP contribution < -0.4 is 15.8 Å². The van der Waals surface area contributed by atoms with Crippen molar-refractivity contribution in [2.45, 2.75) is 4.90 Å². The van der Waals surface area contributed by atoms with Crippen molar-refractivity contribution in [2.24, 2.45) is 5.14 Å². The van der Waals surface area contributed by atoms with Gasteiger partial charge >= 0.3 is 0 Å². The van der Waals surface area contributed by atoms with Gasteiger partial charge in [-0.25, -0.2) is 13.6 Å². The minimum absolute atomic E-state index is 0.00786. The summed E-state index contributed by atoms with van der Waals surface area (Å²) in [6, 6.07) is 22.7. The SMILES string of the molecule is NS(=O)(=O)c1ccc(NC(=S)NC(=O)c2ccc(-c3ccccc3)cc2)cc1. The van der Waals surface area contributed by atoms with E-state index in [9.17, 15) is 13.2 Å². The molecule has 6 nitrogen and oxygen atoms in total. The third-order valence-electron chi connectivity index (χ3n) is 3.92. The van der Waals surface area contributed by atoms with Gasteiger partial charge in [0.05, 0.1) is 4.90 Å². The monoisotopic (exact) mass is 411 g/mol. The number of primary sulfonamides is 1. The second-order valence-electron chi connectivity index (χ2n) is 5.92. The number of nitrogens with two attached hydrogens (primary N) is 1. The van der Waals surface area contributed by atoms with Gasteiger partial charge in [0.1, 0.15) is 0 Å². The lowest BCUT2D eigenvalue weighted by Crippen LogP contribution is -2.34. The van der Waals surface area contributed by atoms with Crippen LogP contribution in [-0.2, 0) is 10.0 Å². The van der Waals surface area contributed by atoms with E-state index in [-0.39, 0.29) is 15.9 Å². The van der Waals surface area contributed by atoms with Crippen molar-refractivity contribution in [2.75, 3.05) is 5.32 Å². The van der Waals surface area contributed by atoms with Gasteiger partial charge in [0.15, 0.2) is 5.11 Å². The first kappa shape index (κ1) is 19.7. The fourth-order valence-electron chi connectivity index (χ4n) is 2.51. The topological polar surface area (TPSA) is 101 Å². The first-order valence-corrected chi connectivity index (χ1v) is 10.2. The third-order valence-corrected chi connectivity index (χ3v) is 5.06.